The molecule has 0 atom stereocenters. The summed E-state index contributed by atoms with van der Waals surface area (Å²) in [4.78, 5) is 39.0. The predicted molar refractivity (Wildman–Crippen MR) is 129 cm³/mol. The van der Waals surface area contributed by atoms with E-state index in [-0.39, 0.29) is 36.9 Å². The van der Waals surface area contributed by atoms with Crippen LogP contribution in [0.3, 0.4) is 0 Å². The Kier molecular flexibility index (Phi) is 9.92. The molecule has 0 saturated heterocycles. The van der Waals surface area contributed by atoms with Crippen LogP contribution < -0.4 is 10.6 Å². The van der Waals surface area contributed by atoms with Crippen LogP contribution in [0.5, 0.6) is 0 Å². The van der Waals surface area contributed by atoms with Crippen molar-refractivity contribution >= 4 is 23.4 Å². The number of unbranched alkanes of at least 4 members (excludes halogenated alkanes) is 2. The van der Waals surface area contributed by atoms with E-state index >= 15 is 0 Å². The van der Waals surface area contributed by atoms with Crippen molar-refractivity contribution in [1.29, 1.82) is 0 Å². The van der Waals surface area contributed by atoms with Gasteiger partial charge in [-0.3, -0.25) is 14.4 Å². The maximum Gasteiger partial charge on any atom is 0.254 e. The first-order valence-corrected chi connectivity index (χ1v) is 11.3. The molecule has 6 nitrogen and oxygen atoms in total. The first kappa shape index (κ1) is 25.1. The Bertz CT molecular complexity index is 890. The highest BCUT2D eigenvalue weighted by atomic mass is 16.2. The molecule has 2 rings (SSSR count). The van der Waals surface area contributed by atoms with Gasteiger partial charge in [-0.25, -0.2) is 0 Å². The zero-order valence-electron chi connectivity index (χ0n) is 19.6. The number of nitrogens with zero attached hydrogens (tertiary/aromatic N) is 1. The molecule has 0 aliphatic carbocycles. The molecular weight excluding hydrogens is 402 g/mol. The van der Waals surface area contributed by atoms with Gasteiger partial charge in [0.2, 0.25) is 11.8 Å². The van der Waals surface area contributed by atoms with E-state index in [9.17, 15) is 14.4 Å². The highest BCUT2D eigenvalue weighted by Gasteiger charge is 2.22. The number of aryl methyl sites for hydroxylation is 2. The van der Waals surface area contributed by atoms with E-state index in [0.29, 0.717) is 11.3 Å². The maximum atomic E-state index is 13.0. The van der Waals surface area contributed by atoms with Crippen LogP contribution in [-0.2, 0) is 16.0 Å². The van der Waals surface area contributed by atoms with Gasteiger partial charge in [0.1, 0.15) is 6.54 Å². The molecule has 0 aromatic heterocycles. The molecule has 172 valence electrons. The Morgan fingerprint density at radius 2 is 1.56 bits per heavy atom. The molecule has 0 spiro atoms. The van der Waals surface area contributed by atoms with E-state index in [1.165, 1.54) is 23.3 Å². The molecule has 2 N–H and O–H groups in total. The molecule has 0 radical (unpaired) electrons. The van der Waals surface area contributed by atoms with E-state index in [1.54, 1.807) is 0 Å². The van der Waals surface area contributed by atoms with E-state index in [4.69, 9.17) is 0 Å². The number of hydrogen-bond acceptors (Lipinski definition) is 3. The third-order valence-electron chi connectivity index (χ3n) is 5.25. The monoisotopic (exact) mass is 437 g/mol. The van der Waals surface area contributed by atoms with Crippen LogP contribution in [0, 0.1) is 6.92 Å². The minimum atomic E-state index is -0.373. The number of benzene rings is 2. The normalized spacial score (nSPS) is 10.7. The van der Waals surface area contributed by atoms with E-state index < -0.39 is 0 Å². The molecule has 0 bridgehead atoms. The molecular formula is C26H35N3O3. The molecule has 0 heterocycles. The van der Waals surface area contributed by atoms with Crippen molar-refractivity contribution in [2.75, 3.05) is 18.4 Å². The minimum absolute atomic E-state index is 0.105. The molecule has 0 aliphatic heterocycles. The molecule has 6 heteroatoms. The van der Waals surface area contributed by atoms with Crippen LogP contribution in [0.4, 0.5) is 5.69 Å². The zero-order valence-corrected chi connectivity index (χ0v) is 19.6. The molecule has 0 fully saturated rings. The van der Waals surface area contributed by atoms with Gasteiger partial charge in [-0.15, -0.1) is 0 Å². The summed E-state index contributed by atoms with van der Waals surface area (Å²) in [6.07, 6.45) is 4.51. The van der Waals surface area contributed by atoms with Gasteiger partial charge >= 0.3 is 0 Å². The molecule has 0 saturated carbocycles. The molecule has 0 aliphatic rings. The average Bonchev–Trinajstić information content (AvgIpc) is 2.77. The Balaban J connectivity index is 1.88. The number of amides is 3. The molecule has 32 heavy (non-hydrogen) atoms. The largest absolute Gasteiger partial charge is 0.345 e. The smallest absolute Gasteiger partial charge is 0.254 e. The summed E-state index contributed by atoms with van der Waals surface area (Å²) in [5, 5.41) is 5.34. The lowest BCUT2D eigenvalue weighted by Gasteiger charge is -2.26. The van der Waals surface area contributed by atoms with Gasteiger partial charge in [0.15, 0.2) is 0 Å². The fraction of sp³-hybridized carbons (Fsp3) is 0.423. The summed E-state index contributed by atoms with van der Waals surface area (Å²) in [6, 6.07) is 14.9. The van der Waals surface area contributed by atoms with Gasteiger partial charge in [0, 0.05) is 17.3 Å². The molecule has 2 aromatic carbocycles. The van der Waals surface area contributed by atoms with Crippen molar-refractivity contribution in [3.63, 3.8) is 0 Å². The van der Waals surface area contributed by atoms with Crippen LogP contribution in [0.1, 0.15) is 61.5 Å². The van der Waals surface area contributed by atoms with Crippen molar-refractivity contribution in [3.05, 3.63) is 65.2 Å². The maximum absolute atomic E-state index is 13.0. The predicted octanol–water partition coefficient (Wildman–Crippen LogP) is 4.33. The number of anilines is 1. The van der Waals surface area contributed by atoms with Crippen LogP contribution in [0.25, 0.3) is 0 Å². The lowest BCUT2D eigenvalue weighted by Crippen LogP contribution is -2.45. The van der Waals surface area contributed by atoms with E-state index in [2.05, 4.69) is 17.6 Å². The second kappa shape index (κ2) is 12.6. The van der Waals surface area contributed by atoms with Gasteiger partial charge in [0.25, 0.3) is 5.91 Å². The fourth-order valence-electron chi connectivity index (χ4n) is 3.28. The summed E-state index contributed by atoms with van der Waals surface area (Å²) in [5.41, 5.74) is 3.54. The molecule has 0 unspecified atom stereocenters. The third-order valence-corrected chi connectivity index (χ3v) is 5.25. The number of carbonyl (C=O) groups is 3. The first-order valence-electron chi connectivity index (χ1n) is 11.3. The number of nitrogens with one attached hydrogen (secondary N) is 2. The average molecular weight is 438 g/mol. The van der Waals surface area contributed by atoms with Gasteiger partial charge in [-0.2, -0.15) is 0 Å². The SMILES string of the molecule is CCCCCc1ccc(C(=O)N(CC(=O)NCC(=O)Nc2ccc(C)cc2)C(C)C)cc1. The zero-order chi connectivity index (χ0) is 23.5. The highest BCUT2D eigenvalue weighted by Crippen LogP contribution is 2.13. The van der Waals surface area contributed by atoms with Crippen LogP contribution >= 0.6 is 0 Å². The Labute approximate surface area is 191 Å². The van der Waals surface area contributed by atoms with Gasteiger partial charge < -0.3 is 15.5 Å². The number of carbonyl (C=O) groups excluding carboxylic acids is 3. The highest BCUT2D eigenvalue weighted by molar-refractivity contribution is 5.98. The second-order valence-electron chi connectivity index (χ2n) is 8.37. The van der Waals surface area contributed by atoms with Crippen molar-refractivity contribution in [1.82, 2.24) is 10.2 Å². The lowest BCUT2D eigenvalue weighted by molar-refractivity contribution is -0.124. The summed E-state index contributed by atoms with van der Waals surface area (Å²) in [7, 11) is 0. The second-order valence-corrected chi connectivity index (χ2v) is 8.37. The summed E-state index contributed by atoms with van der Waals surface area (Å²) < 4.78 is 0. The standard InChI is InChI=1S/C26H35N3O3/c1-5-6-7-8-21-11-13-22(14-12-21)26(32)29(19(2)3)18-25(31)27-17-24(30)28-23-15-9-20(4)10-16-23/h9-16,19H,5-8,17-18H2,1-4H3,(H,27,31)(H,28,30). The van der Waals surface area contributed by atoms with Crippen molar-refractivity contribution in [3.8, 4) is 0 Å². The third kappa shape index (κ3) is 8.17. The van der Waals surface area contributed by atoms with Gasteiger partial charge in [0.05, 0.1) is 6.54 Å². The van der Waals surface area contributed by atoms with E-state index in [0.717, 1.165) is 18.4 Å². The number of rotatable bonds is 11. The lowest BCUT2D eigenvalue weighted by atomic mass is 10.0. The summed E-state index contributed by atoms with van der Waals surface area (Å²) in [5.74, 6) is -0.884. The van der Waals surface area contributed by atoms with Crippen LogP contribution in [-0.4, -0.2) is 41.8 Å². The Morgan fingerprint density at radius 1 is 0.906 bits per heavy atom. The Morgan fingerprint density at radius 3 is 2.16 bits per heavy atom. The molecule has 3 amide bonds. The van der Waals surface area contributed by atoms with Crippen molar-refractivity contribution in [2.24, 2.45) is 0 Å². The minimum Gasteiger partial charge on any atom is -0.345 e. The van der Waals surface area contributed by atoms with Crippen molar-refractivity contribution in [2.45, 2.75) is 59.4 Å². The summed E-state index contributed by atoms with van der Waals surface area (Å²) in [6.45, 7) is 7.62. The fourth-order valence-corrected chi connectivity index (χ4v) is 3.28. The topological polar surface area (TPSA) is 78.5 Å². The summed E-state index contributed by atoms with van der Waals surface area (Å²) >= 11 is 0. The molecule has 2 aromatic rings. The number of hydrogen-bond donors (Lipinski definition) is 2. The van der Waals surface area contributed by atoms with Crippen molar-refractivity contribution < 1.29 is 14.4 Å². The van der Waals surface area contributed by atoms with E-state index in [1.807, 2.05) is 69.3 Å². The Hall–Kier alpha value is -3.15. The van der Waals surface area contributed by atoms with Gasteiger partial charge in [-0.05, 0) is 63.4 Å². The van der Waals surface area contributed by atoms with Crippen LogP contribution in [0.2, 0.25) is 0 Å². The van der Waals surface area contributed by atoms with Gasteiger partial charge in [-0.1, -0.05) is 49.6 Å². The first-order chi connectivity index (χ1) is 15.3. The quantitative estimate of drug-likeness (QED) is 0.514. The van der Waals surface area contributed by atoms with Crippen LogP contribution in [0.15, 0.2) is 48.5 Å².